The molecule has 2 aliphatic heterocycles. The standard InChI is InChI=1S/C25H26N4O4S/c30-24(31)18-5-3-4-17(16-18)20-7-8-21(33-20)23-22(19-6-1-2-9-26-19)27-25(34)29(23)11-10-28-12-14-32-15-13-28/h1-9,16,22-23H,10-15H2,(H,27,34)(H,30,31)/t22-,23+/m0/s1. The van der Waals surface area contributed by atoms with Gasteiger partial charge in [0.2, 0.25) is 0 Å². The summed E-state index contributed by atoms with van der Waals surface area (Å²) in [5.74, 6) is 0.396. The van der Waals surface area contributed by atoms with Crippen molar-refractivity contribution in [2.45, 2.75) is 12.1 Å². The maximum Gasteiger partial charge on any atom is 0.335 e. The molecule has 0 amide bonds. The second-order valence-corrected chi connectivity index (χ2v) is 8.75. The van der Waals surface area contributed by atoms with E-state index >= 15 is 0 Å². The highest BCUT2D eigenvalue weighted by Crippen LogP contribution is 2.40. The molecule has 0 aliphatic carbocycles. The van der Waals surface area contributed by atoms with Crippen LogP contribution in [-0.2, 0) is 4.74 Å². The van der Waals surface area contributed by atoms with Gasteiger partial charge in [0, 0.05) is 37.9 Å². The predicted octanol–water partition coefficient (Wildman–Crippen LogP) is 3.34. The Kier molecular flexibility index (Phi) is 6.57. The maximum absolute atomic E-state index is 11.4. The summed E-state index contributed by atoms with van der Waals surface area (Å²) in [7, 11) is 0. The van der Waals surface area contributed by atoms with Gasteiger partial charge >= 0.3 is 5.97 Å². The van der Waals surface area contributed by atoms with Gasteiger partial charge in [0.25, 0.3) is 0 Å². The third-order valence-electron chi connectivity index (χ3n) is 6.27. The molecule has 0 saturated carbocycles. The largest absolute Gasteiger partial charge is 0.478 e. The monoisotopic (exact) mass is 478 g/mol. The fourth-order valence-electron chi connectivity index (χ4n) is 4.50. The summed E-state index contributed by atoms with van der Waals surface area (Å²) >= 11 is 5.74. The van der Waals surface area contributed by atoms with Crippen molar-refractivity contribution >= 4 is 23.3 Å². The van der Waals surface area contributed by atoms with Crippen molar-refractivity contribution in [1.82, 2.24) is 20.1 Å². The zero-order chi connectivity index (χ0) is 23.5. The first-order chi connectivity index (χ1) is 16.6. The van der Waals surface area contributed by atoms with Crippen LogP contribution in [-0.4, -0.2) is 70.4 Å². The Labute approximate surface area is 203 Å². The van der Waals surface area contributed by atoms with Crippen molar-refractivity contribution < 1.29 is 19.1 Å². The number of aromatic nitrogens is 1. The molecule has 34 heavy (non-hydrogen) atoms. The zero-order valence-corrected chi connectivity index (χ0v) is 19.4. The quantitative estimate of drug-likeness (QED) is 0.496. The van der Waals surface area contributed by atoms with Crippen molar-refractivity contribution in [3.8, 4) is 11.3 Å². The summed E-state index contributed by atoms with van der Waals surface area (Å²) < 4.78 is 11.8. The van der Waals surface area contributed by atoms with Gasteiger partial charge in [-0.15, -0.1) is 0 Å². The molecule has 2 N–H and O–H groups in total. The molecule has 9 heteroatoms. The molecular formula is C25H26N4O4S. The Morgan fingerprint density at radius 3 is 2.74 bits per heavy atom. The minimum atomic E-state index is -0.969. The third-order valence-corrected chi connectivity index (χ3v) is 6.62. The number of ether oxygens (including phenoxy) is 1. The smallest absolute Gasteiger partial charge is 0.335 e. The molecule has 0 radical (unpaired) electrons. The molecule has 176 valence electrons. The van der Waals surface area contributed by atoms with Crippen LogP contribution in [0.3, 0.4) is 0 Å². The van der Waals surface area contributed by atoms with Crippen LogP contribution in [0.2, 0.25) is 0 Å². The van der Waals surface area contributed by atoms with Gasteiger partial charge in [0.15, 0.2) is 5.11 Å². The molecule has 2 aromatic heterocycles. The predicted molar refractivity (Wildman–Crippen MR) is 131 cm³/mol. The summed E-state index contributed by atoms with van der Waals surface area (Å²) in [5.41, 5.74) is 1.82. The average molecular weight is 479 g/mol. The van der Waals surface area contributed by atoms with Crippen molar-refractivity contribution in [3.05, 3.63) is 77.8 Å². The van der Waals surface area contributed by atoms with E-state index in [2.05, 4.69) is 20.1 Å². The molecule has 2 fully saturated rings. The van der Waals surface area contributed by atoms with Gasteiger partial charge in [-0.2, -0.15) is 0 Å². The number of rotatable bonds is 7. The van der Waals surface area contributed by atoms with E-state index in [1.165, 1.54) is 0 Å². The Morgan fingerprint density at radius 2 is 1.97 bits per heavy atom. The zero-order valence-electron chi connectivity index (χ0n) is 18.6. The van der Waals surface area contributed by atoms with Crippen molar-refractivity contribution in [2.75, 3.05) is 39.4 Å². The number of carboxylic acid groups (broad SMARTS) is 1. The number of carboxylic acids is 1. The first-order valence-corrected chi connectivity index (χ1v) is 11.7. The number of furan rings is 1. The maximum atomic E-state index is 11.4. The number of benzene rings is 1. The van der Waals surface area contributed by atoms with Crippen LogP contribution in [0.15, 0.2) is 65.2 Å². The number of morpholine rings is 1. The number of carbonyl (C=O) groups is 1. The highest BCUT2D eigenvalue weighted by Gasteiger charge is 2.41. The van der Waals surface area contributed by atoms with Gasteiger partial charge < -0.3 is 24.5 Å². The van der Waals surface area contributed by atoms with Gasteiger partial charge in [-0.05, 0) is 48.6 Å². The van der Waals surface area contributed by atoms with Crippen LogP contribution in [0.25, 0.3) is 11.3 Å². The van der Waals surface area contributed by atoms with E-state index in [1.54, 1.807) is 24.4 Å². The van der Waals surface area contributed by atoms with E-state index < -0.39 is 5.97 Å². The number of pyridine rings is 1. The number of nitrogens with zero attached hydrogens (tertiary/aromatic N) is 3. The lowest BCUT2D eigenvalue weighted by atomic mass is 10.0. The Bertz CT molecular complexity index is 1160. The van der Waals surface area contributed by atoms with Gasteiger partial charge in [0.1, 0.15) is 17.6 Å². The van der Waals surface area contributed by atoms with Crippen LogP contribution in [0.5, 0.6) is 0 Å². The van der Waals surface area contributed by atoms with E-state index in [9.17, 15) is 9.90 Å². The number of nitrogens with one attached hydrogen (secondary N) is 1. The Balaban J connectivity index is 1.45. The van der Waals surface area contributed by atoms with Crippen LogP contribution >= 0.6 is 12.2 Å². The lowest BCUT2D eigenvalue weighted by molar-refractivity contribution is 0.0347. The lowest BCUT2D eigenvalue weighted by Gasteiger charge is -2.31. The molecule has 0 spiro atoms. The van der Waals surface area contributed by atoms with E-state index in [0.29, 0.717) is 16.4 Å². The van der Waals surface area contributed by atoms with Crippen LogP contribution in [0.4, 0.5) is 0 Å². The summed E-state index contributed by atoms with van der Waals surface area (Å²) in [4.78, 5) is 20.5. The molecule has 1 aromatic carbocycles. The highest BCUT2D eigenvalue weighted by molar-refractivity contribution is 7.80. The van der Waals surface area contributed by atoms with Crippen LogP contribution < -0.4 is 5.32 Å². The lowest BCUT2D eigenvalue weighted by Crippen LogP contribution is -2.42. The van der Waals surface area contributed by atoms with Gasteiger partial charge in [-0.3, -0.25) is 9.88 Å². The van der Waals surface area contributed by atoms with E-state index in [4.69, 9.17) is 21.4 Å². The molecule has 0 bridgehead atoms. The van der Waals surface area contributed by atoms with Crippen LogP contribution in [0.1, 0.15) is 33.9 Å². The molecule has 4 heterocycles. The fraction of sp³-hybridized carbons (Fsp3) is 0.320. The number of thiocarbonyl (C=S) groups is 1. The third kappa shape index (κ3) is 4.68. The van der Waals surface area contributed by atoms with Crippen molar-refractivity contribution in [3.63, 3.8) is 0 Å². The topological polar surface area (TPSA) is 91.1 Å². The Hall–Kier alpha value is -3.27. The molecule has 5 rings (SSSR count). The average Bonchev–Trinajstić information content (AvgIpc) is 3.48. The highest BCUT2D eigenvalue weighted by atomic mass is 32.1. The summed E-state index contributed by atoms with van der Waals surface area (Å²) in [5, 5.41) is 13.5. The fourth-order valence-corrected chi connectivity index (χ4v) is 4.83. The minimum absolute atomic E-state index is 0.164. The summed E-state index contributed by atoms with van der Waals surface area (Å²) in [6.45, 7) is 4.93. The Morgan fingerprint density at radius 1 is 1.12 bits per heavy atom. The van der Waals surface area contributed by atoms with E-state index in [0.717, 1.165) is 50.8 Å². The normalized spacial score (nSPS) is 20.9. The molecule has 8 nitrogen and oxygen atoms in total. The van der Waals surface area contributed by atoms with Crippen molar-refractivity contribution in [1.29, 1.82) is 0 Å². The van der Waals surface area contributed by atoms with Gasteiger partial charge in [-0.25, -0.2) is 4.79 Å². The molecule has 2 atom stereocenters. The van der Waals surface area contributed by atoms with Gasteiger partial charge in [0.05, 0.1) is 30.5 Å². The van der Waals surface area contributed by atoms with E-state index in [1.807, 2.05) is 36.4 Å². The SMILES string of the molecule is O=C(O)c1cccc(-c2ccc([C@@H]3[C@H](c4ccccn4)NC(=S)N3CCN3CCOCC3)o2)c1. The molecule has 2 saturated heterocycles. The van der Waals surface area contributed by atoms with Gasteiger partial charge in [-0.1, -0.05) is 18.2 Å². The number of hydrogen-bond donors (Lipinski definition) is 2. The van der Waals surface area contributed by atoms with Crippen LogP contribution in [0, 0.1) is 0 Å². The number of aromatic carboxylic acids is 1. The first-order valence-electron chi connectivity index (χ1n) is 11.3. The molecule has 3 aromatic rings. The van der Waals surface area contributed by atoms with E-state index in [-0.39, 0.29) is 17.6 Å². The van der Waals surface area contributed by atoms with Crippen molar-refractivity contribution in [2.24, 2.45) is 0 Å². The molecule has 0 unspecified atom stereocenters. The minimum Gasteiger partial charge on any atom is -0.478 e. The first kappa shape index (κ1) is 22.5. The summed E-state index contributed by atoms with van der Waals surface area (Å²) in [6, 6.07) is 16.1. The second-order valence-electron chi connectivity index (χ2n) is 8.36. The molecule has 2 aliphatic rings. The molecular weight excluding hydrogens is 452 g/mol. The summed E-state index contributed by atoms with van der Waals surface area (Å²) in [6.07, 6.45) is 1.78. The second kappa shape index (κ2) is 9.92. The number of hydrogen-bond acceptors (Lipinski definition) is 6.